The van der Waals surface area contributed by atoms with Crippen LogP contribution in [0.25, 0.3) is 11.7 Å². The zero-order valence-electron chi connectivity index (χ0n) is 15.7. The summed E-state index contributed by atoms with van der Waals surface area (Å²) in [6, 6.07) is 6.37. The van der Waals surface area contributed by atoms with Gasteiger partial charge in [0.05, 0.1) is 23.8 Å². The SMILES string of the molecule is CCCOc1c(Cl)cc(C(=O)OCc2nnc(-c3ccc(Br)o3)o2)cc1OCC. The van der Waals surface area contributed by atoms with Gasteiger partial charge in [0, 0.05) is 0 Å². The van der Waals surface area contributed by atoms with E-state index >= 15 is 0 Å². The Morgan fingerprint density at radius 1 is 1.17 bits per heavy atom. The van der Waals surface area contributed by atoms with Crippen LogP contribution in [0.4, 0.5) is 0 Å². The van der Waals surface area contributed by atoms with Crippen molar-refractivity contribution < 1.29 is 27.8 Å². The molecule has 0 saturated heterocycles. The molecule has 0 amide bonds. The van der Waals surface area contributed by atoms with Crippen molar-refractivity contribution in [1.82, 2.24) is 10.2 Å². The van der Waals surface area contributed by atoms with E-state index < -0.39 is 5.97 Å². The second-order valence-electron chi connectivity index (χ2n) is 5.75. The van der Waals surface area contributed by atoms with Crippen LogP contribution >= 0.6 is 27.5 Å². The third-order valence-corrected chi connectivity index (χ3v) is 4.28. The Morgan fingerprint density at radius 3 is 2.69 bits per heavy atom. The van der Waals surface area contributed by atoms with E-state index in [1.165, 1.54) is 12.1 Å². The van der Waals surface area contributed by atoms with E-state index in [1.807, 2.05) is 13.8 Å². The maximum absolute atomic E-state index is 12.4. The van der Waals surface area contributed by atoms with Gasteiger partial charge in [-0.25, -0.2) is 4.79 Å². The first-order valence-corrected chi connectivity index (χ1v) is 10.0. The molecule has 0 bridgehead atoms. The Labute approximate surface area is 180 Å². The summed E-state index contributed by atoms with van der Waals surface area (Å²) in [6.07, 6.45) is 0.812. The number of ether oxygens (including phenoxy) is 3. The number of hydrogen-bond donors (Lipinski definition) is 0. The topological polar surface area (TPSA) is 96.8 Å². The van der Waals surface area contributed by atoms with Crippen LogP contribution in [0.15, 0.2) is 37.8 Å². The van der Waals surface area contributed by atoms with Gasteiger partial charge in [0.1, 0.15) is 0 Å². The molecule has 0 atom stereocenters. The third kappa shape index (κ3) is 5.30. The molecule has 0 aliphatic heterocycles. The number of rotatable bonds is 9. The lowest BCUT2D eigenvalue weighted by atomic mass is 10.2. The first-order chi connectivity index (χ1) is 14.0. The summed E-state index contributed by atoms with van der Waals surface area (Å²) in [5, 5.41) is 7.97. The molecule has 8 nitrogen and oxygen atoms in total. The maximum Gasteiger partial charge on any atom is 0.338 e. The van der Waals surface area contributed by atoms with Crippen molar-refractivity contribution in [3.8, 4) is 23.1 Å². The Morgan fingerprint density at radius 2 is 2.00 bits per heavy atom. The van der Waals surface area contributed by atoms with E-state index in [0.29, 0.717) is 35.1 Å². The molecule has 0 spiro atoms. The van der Waals surface area contributed by atoms with E-state index in [4.69, 9.17) is 34.6 Å². The van der Waals surface area contributed by atoms with Gasteiger partial charge in [-0.3, -0.25) is 0 Å². The molecule has 0 N–H and O–H groups in total. The van der Waals surface area contributed by atoms with Gasteiger partial charge in [0.25, 0.3) is 11.8 Å². The minimum absolute atomic E-state index is 0.125. The molecule has 2 heterocycles. The van der Waals surface area contributed by atoms with Crippen molar-refractivity contribution >= 4 is 33.5 Å². The van der Waals surface area contributed by atoms with Crippen molar-refractivity contribution in [3.63, 3.8) is 0 Å². The summed E-state index contributed by atoms with van der Waals surface area (Å²) < 4.78 is 27.7. The predicted octanol–water partition coefficient (Wildman–Crippen LogP) is 5.29. The number of aromatic nitrogens is 2. The summed E-state index contributed by atoms with van der Waals surface area (Å²) in [6.45, 7) is 4.48. The number of carbonyl (C=O) groups is 1. The van der Waals surface area contributed by atoms with Gasteiger partial charge in [-0.15, -0.1) is 10.2 Å². The van der Waals surface area contributed by atoms with Crippen molar-refractivity contribution in [2.75, 3.05) is 13.2 Å². The van der Waals surface area contributed by atoms with Crippen molar-refractivity contribution in [1.29, 1.82) is 0 Å². The van der Waals surface area contributed by atoms with Gasteiger partial charge >= 0.3 is 5.97 Å². The zero-order valence-corrected chi connectivity index (χ0v) is 18.1. The van der Waals surface area contributed by atoms with Crippen molar-refractivity contribution in [3.05, 3.63) is 45.4 Å². The second-order valence-corrected chi connectivity index (χ2v) is 6.94. The second kappa shape index (κ2) is 9.80. The fourth-order valence-corrected chi connectivity index (χ4v) is 2.92. The molecule has 0 aliphatic carbocycles. The molecule has 0 radical (unpaired) electrons. The third-order valence-electron chi connectivity index (χ3n) is 3.57. The van der Waals surface area contributed by atoms with Crippen LogP contribution in [0.3, 0.4) is 0 Å². The largest absolute Gasteiger partial charge is 0.490 e. The van der Waals surface area contributed by atoms with Crippen LogP contribution in [-0.2, 0) is 11.3 Å². The highest BCUT2D eigenvalue weighted by Gasteiger charge is 2.19. The molecular formula is C19H18BrClN2O6. The molecule has 1 aromatic carbocycles. The van der Waals surface area contributed by atoms with Crippen LogP contribution in [0.5, 0.6) is 11.5 Å². The molecular weight excluding hydrogens is 468 g/mol. The number of hydrogen-bond acceptors (Lipinski definition) is 8. The van der Waals surface area contributed by atoms with E-state index in [0.717, 1.165) is 6.42 Å². The van der Waals surface area contributed by atoms with Crippen LogP contribution in [0.1, 0.15) is 36.5 Å². The monoisotopic (exact) mass is 484 g/mol. The number of benzene rings is 1. The Hall–Kier alpha value is -2.52. The van der Waals surface area contributed by atoms with E-state index in [-0.39, 0.29) is 29.0 Å². The molecule has 3 aromatic rings. The highest BCUT2D eigenvalue weighted by Crippen LogP contribution is 2.37. The molecule has 0 saturated carbocycles. The van der Waals surface area contributed by atoms with Crippen LogP contribution in [0.2, 0.25) is 5.02 Å². The standard InChI is InChI=1S/C19H18BrClN2O6/c1-3-7-26-17-12(21)8-11(9-14(17)25-4-2)19(24)27-10-16-22-23-18(29-16)13-5-6-15(20)28-13/h5-6,8-9H,3-4,7,10H2,1-2H3. The van der Waals surface area contributed by atoms with E-state index in [9.17, 15) is 4.79 Å². The van der Waals surface area contributed by atoms with Crippen LogP contribution in [0, 0.1) is 0 Å². The molecule has 154 valence electrons. The molecule has 0 aliphatic rings. The Kier molecular flexibility index (Phi) is 7.16. The number of furan rings is 1. The highest BCUT2D eigenvalue weighted by molar-refractivity contribution is 9.10. The average molecular weight is 486 g/mol. The Bertz CT molecular complexity index is 987. The molecule has 0 unspecified atom stereocenters. The summed E-state index contributed by atoms with van der Waals surface area (Å²) in [5.41, 5.74) is 0.219. The zero-order chi connectivity index (χ0) is 20.8. The molecule has 29 heavy (non-hydrogen) atoms. The average Bonchev–Trinajstić information content (AvgIpc) is 3.34. The lowest BCUT2D eigenvalue weighted by Gasteiger charge is -2.14. The molecule has 3 rings (SSSR count). The first kappa shape index (κ1) is 21.2. The Balaban J connectivity index is 1.69. The highest BCUT2D eigenvalue weighted by atomic mass is 79.9. The first-order valence-electron chi connectivity index (χ1n) is 8.86. The maximum atomic E-state index is 12.4. The number of halogens is 2. The van der Waals surface area contributed by atoms with Gasteiger partial charge in [-0.2, -0.15) is 0 Å². The van der Waals surface area contributed by atoms with Crippen molar-refractivity contribution in [2.24, 2.45) is 0 Å². The smallest absolute Gasteiger partial charge is 0.338 e. The fraction of sp³-hybridized carbons (Fsp3) is 0.316. The van der Waals surface area contributed by atoms with Gasteiger partial charge in [-0.1, -0.05) is 18.5 Å². The summed E-state index contributed by atoms with van der Waals surface area (Å²) >= 11 is 9.47. The fourth-order valence-electron chi connectivity index (χ4n) is 2.34. The van der Waals surface area contributed by atoms with E-state index in [1.54, 1.807) is 12.1 Å². The summed E-state index contributed by atoms with van der Waals surface area (Å²) in [4.78, 5) is 12.4. The lowest BCUT2D eigenvalue weighted by molar-refractivity contribution is 0.0438. The van der Waals surface area contributed by atoms with Gasteiger partial charge < -0.3 is 23.0 Å². The number of carbonyl (C=O) groups excluding carboxylic acids is 1. The summed E-state index contributed by atoms with van der Waals surface area (Å²) in [5.74, 6) is 0.871. The number of esters is 1. The van der Waals surface area contributed by atoms with E-state index in [2.05, 4.69) is 26.1 Å². The molecule has 2 aromatic heterocycles. The molecule has 0 fully saturated rings. The lowest BCUT2D eigenvalue weighted by Crippen LogP contribution is -2.08. The predicted molar refractivity (Wildman–Crippen MR) is 107 cm³/mol. The van der Waals surface area contributed by atoms with Crippen LogP contribution < -0.4 is 9.47 Å². The quantitative estimate of drug-likeness (QED) is 0.377. The number of nitrogens with zero attached hydrogens (tertiary/aromatic N) is 2. The minimum atomic E-state index is -0.615. The van der Waals surface area contributed by atoms with Crippen LogP contribution in [-0.4, -0.2) is 29.4 Å². The minimum Gasteiger partial charge on any atom is -0.490 e. The molecule has 10 heteroatoms. The summed E-state index contributed by atoms with van der Waals surface area (Å²) in [7, 11) is 0. The van der Waals surface area contributed by atoms with Gasteiger partial charge in [0.2, 0.25) is 0 Å². The van der Waals surface area contributed by atoms with Gasteiger partial charge in [-0.05, 0) is 53.5 Å². The normalized spacial score (nSPS) is 10.8. The van der Waals surface area contributed by atoms with Crippen molar-refractivity contribution in [2.45, 2.75) is 26.9 Å². The van der Waals surface area contributed by atoms with Gasteiger partial charge in [0.15, 0.2) is 28.5 Å².